The third-order valence-corrected chi connectivity index (χ3v) is 4.93. The van der Waals surface area contributed by atoms with Gasteiger partial charge in [-0.3, -0.25) is 0 Å². The van der Waals surface area contributed by atoms with Gasteiger partial charge in [-0.05, 0) is 59.3 Å². The molecule has 2 nitrogen and oxygen atoms in total. The molecule has 0 spiro atoms. The van der Waals surface area contributed by atoms with Crippen LogP contribution >= 0.6 is 15.9 Å². The van der Waals surface area contributed by atoms with Gasteiger partial charge in [0.1, 0.15) is 0 Å². The van der Waals surface area contributed by atoms with Crippen molar-refractivity contribution in [2.45, 2.75) is 51.7 Å². The molecule has 0 bridgehead atoms. The van der Waals surface area contributed by atoms with E-state index in [1.54, 1.807) is 6.92 Å². The fourth-order valence-corrected chi connectivity index (χ4v) is 3.70. The highest BCUT2D eigenvalue weighted by atomic mass is 79.9. The van der Waals surface area contributed by atoms with Crippen molar-refractivity contribution in [2.75, 3.05) is 11.9 Å². The maximum absolute atomic E-state index is 9.63. The fourth-order valence-electron chi connectivity index (χ4n) is 3.02. The Morgan fingerprint density at radius 1 is 1.37 bits per heavy atom. The van der Waals surface area contributed by atoms with Crippen molar-refractivity contribution in [2.24, 2.45) is 5.92 Å². The summed E-state index contributed by atoms with van der Waals surface area (Å²) in [6.45, 7) is 4.15. The van der Waals surface area contributed by atoms with Crippen LogP contribution < -0.4 is 4.90 Å². The lowest BCUT2D eigenvalue weighted by Gasteiger charge is -2.36. The molecule has 0 aliphatic heterocycles. The molecule has 1 saturated carbocycles. The molecule has 0 heterocycles. The Labute approximate surface area is 124 Å². The molecule has 0 amide bonds. The molecule has 0 saturated heterocycles. The number of benzene rings is 1. The van der Waals surface area contributed by atoms with Crippen molar-refractivity contribution in [3.63, 3.8) is 0 Å². The van der Waals surface area contributed by atoms with Crippen molar-refractivity contribution in [1.82, 2.24) is 0 Å². The van der Waals surface area contributed by atoms with Crippen LogP contribution in [0.4, 0.5) is 5.69 Å². The first-order valence-electron chi connectivity index (χ1n) is 7.19. The lowest BCUT2D eigenvalue weighted by atomic mass is 9.86. The molecule has 1 aliphatic carbocycles. The quantitative estimate of drug-likeness (QED) is 0.883. The van der Waals surface area contributed by atoms with E-state index < -0.39 is 6.10 Å². The zero-order chi connectivity index (χ0) is 14.0. The van der Waals surface area contributed by atoms with Gasteiger partial charge >= 0.3 is 0 Å². The molecule has 0 radical (unpaired) electrons. The number of rotatable bonds is 3. The van der Waals surface area contributed by atoms with Gasteiger partial charge in [-0.25, -0.2) is 0 Å². The average Bonchev–Trinajstić information content (AvgIpc) is 2.37. The summed E-state index contributed by atoms with van der Waals surface area (Å²) in [6, 6.07) is 6.80. The predicted octanol–water partition coefficient (Wildman–Crippen LogP) is 4.52. The first kappa shape index (κ1) is 14.9. The molecule has 0 aromatic heterocycles. The van der Waals surface area contributed by atoms with E-state index in [2.05, 4.69) is 40.9 Å². The van der Waals surface area contributed by atoms with Crippen molar-refractivity contribution >= 4 is 21.6 Å². The monoisotopic (exact) mass is 325 g/mol. The van der Waals surface area contributed by atoms with E-state index in [0.29, 0.717) is 6.04 Å². The molecule has 3 atom stereocenters. The number of aliphatic hydroxyl groups is 1. The summed E-state index contributed by atoms with van der Waals surface area (Å²) in [5.74, 6) is 0.830. The first-order valence-corrected chi connectivity index (χ1v) is 7.98. The van der Waals surface area contributed by atoms with E-state index in [-0.39, 0.29) is 0 Å². The van der Waals surface area contributed by atoms with E-state index >= 15 is 0 Å². The van der Waals surface area contributed by atoms with Crippen molar-refractivity contribution in [3.8, 4) is 0 Å². The Balaban J connectivity index is 2.16. The third kappa shape index (κ3) is 3.51. The molecule has 1 N–H and O–H groups in total. The highest BCUT2D eigenvalue weighted by Gasteiger charge is 2.23. The molecular weight excluding hydrogens is 302 g/mol. The van der Waals surface area contributed by atoms with Crippen molar-refractivity contribution < 1.29 is 5.11 Å². The van der Waals surface area contributed by atoms with Crippen LogP contribution in [-0.2, 0) is 0 Å². The molecular formula is C16H24BrNO. The SMILES string of the molecule is CC1CCCC(N(C)c2ccc(C(C)O)cc2Br)C1. The topological polar surface area (TPSA) is 23.5 Å². The number of halogens is 1. The van der Waals surface area contributed by atoms with E-state index in [0.717, 1.165) is 16.0 Å². The Morgan fingerprint density at radius 3 is 2.68 bits per heavy atom. The Morgan fingerprint density at radius 2 is 2.11 bits per heavy atom. The second-order valence-corrected chi connectivity index (χ2v) is 6.78. The number of nitrogens with zero attached hydrogens (tertiary/aromatic N) is 1. The third-order valence-electron chi connectivity index (χ3n) is 4.29. The van der Waals surface area contributed by atoms with Crippen LogP contribution in [0, 0.1) is 5.92 Å². The standard InChI is InChI=1S/C16H24BrNO/c1-11-5-4-6-14(9-11)18(3)16-8-7-13(12(2)19)10-15(16)17/h7-8,10-12,14,19H,4-6,9H2,1-3H3. The Kier molecular flexibility index (Phi) is 4.91. The zero-order valence-corrected chi connectivity index (χ0v) is 13.7. The highest BCUT2D eigenvalue weighted by Crippen LogP contribution is 2.34. The predicted molar refractivity (Wildman–Crippen MR) is 84.6 cm³/mol. The second kappa shape index (κ2) is 6.27. The smallest absolute Gasteiger partial charge is 0.0762 e. The molecule has 19 heavy (non-hydrogen) atoms. The highest BCUT2D eigenvalue weighted by molar-refractivity contribution is 9.10. The minimum Gasteiger partial charge on any atom is -0.389 e. The van der Waals surface area contributed by atoms with Crippen LogP contribution in [-0.4, -0.2) is 18.2 Å². The van der Waals surface area contributed by atoms with Crippen LogP contribution in [0.5, 0.6) is 0 Å². The van der Waals surface area contributed by atoms with Crippen LogP contribution in [0.1, 0.15) is 51.2 Å². The molecule has 1 aromatic rings. The molecule has 1 aromatic carbocycles. The van der Waals surface area contributed by atoms with E-state index in [1.165, 1.54) is 31.4 Å². The van der Waals surface area contributed by atoms with Gasteiger partial charge in [0.2, 0.25) is 0 Å². The van der Waals surface area contributed by atoms with E-state index in [4.69, 9.17) is 0 Å². The normalized spacial score (nSPS) is 25.1. The van der Waals surface area contributed by atoms with Crippen LogP contribution in [0.2, 0.25) is 0 Å². The summed E-state index contributed by atoms with van der Waals surface area (Å²) in [4.78, 5) is 2.39. The maximum Gasteiger partial charge on any atom is 0.0762 e. The number of aliphatic hydroxyl groups excluding tert-OH is 1. The van der Waals surface area contributed by atoms with Crippen molar-refractivity contribution in [1.29, 1.82) is 0 Å². The van der Waals surface area contributed by atoms with Gasteiger partial charge in [0.15, 0.2) is 0 Å². The molecule has 1 fully saturated rings. The van der Waals surface area contributed by atoms with Crippen LogP contribution in [0.25, 0.3) is 0 Å². The summed E-state index contributed by atoms with van der Waals surface area (Å²) < 4.78 is 1.08. The number of hydrogen-bond donors (Lipinski definition) is 1. The van der Waals surface area contributed by atoms with Gasteiger partial charge in [-0.1, -0.05) is 25.8 Å². The Hall–Kier alpha value is -0.540. The number of anilines is 1. The van der Waals surface area contributed by atoms with Gasteiger partial charge in [-0.15, -0.1) is 0 Å². The molecule has 3 heteroatoms. The molecule has 1 aliphatic rings. The minimum absolute atomic E-state index is 0.412. The van der Waals surface area contributed by atoms with Crippen molar-refractivity contribution in [3.05, 3.63) is 28.2 Å². The maximum atomic E-state index is 9.63. The summed E-state index contributed by atoms with van der Waals surface area (Å²) in [6.07, 6.45) is 4.85. The number of hydrogen-bond acceptors (Lipinski definition) is 2. The molecule has 3 unspecified atom stereocenters. The van der Waals surface area contributed by atoms with Gasteiger partial charge in [0.25, 0.3) is 0 Å². The molecule has 2 rings (SSSR count). The van der Waals surface area contributed by atoms with Crippen LogP contribution in [0.15, 0.2) is 22.7 Å². The summed E-state index contributed by atoms with van der Waals surface area (Å²) in [5.41, 5.74) is 2.18. The zero-order valence-electron chi connectivity index (χ0n) is 12.1. The Bertz CT molecular complexity index is 433. The summed E-state index contributed by atoms with van der Waals surface area (Å²) in [7, 11) is 2.19. The van der Waals surface area contributed by atoms with Gasteiger partial charge in [0.05, 0.1) is 11.8 Å². The van der Waals surface area contributed by atoms with E-state index in [1.807, 2.05) is 12.1 Å². The fraction of sp³-hybridized carbons (Fsp3) is 0.625. The van der Waals surface area contributed by atoms with Gasteiger partial charge < -0.3 is 10.0 Å². The average molecular weight is 326 g/mol. The molecule has 106 valence electrons. The lowest BCUT2D eigenvalue weighted by molar-refractivity contribution is 0.199. The summed E-state index contributed by atoms with van der Waals surface area (Å²) in [5, 5.41) is 9.63. The van der Waals surface area contributed by atoms with Crippen LogP contribution in [0.3, 0.4) is 0 Å². The lowest BCUT2D eigenvalue weighted by Crippen LogP contribution is -2.35. The summed E-state index contributed by atoms with van der Waals surface area (Å²) >= 11 is 3.65. The largest absolute Gasteiger partial charge is 0.389 e. The minimum atomic E-state index is -0.412. The van der Waals surface area contributed by atoms with E-state index in [9.17, 15) is 5.11 Å². The van der Waals surface area contributed by atoms with Gasteiger partial charge in [-0.2, -0.15) is 0 Å². The van der Waals surface area contributed by atoms with Gasteiger partial charge in [0, 0.05) is 17.6 Å². The first-order chi connectivity index (χ1) is 8.99. The second-order valence-electron chi connectivity index (χ2n) is 5.92.